The van der Waals surface area contributed by atoms with Crippen LogP contribution in [-0.2, 0) is 42.1 Å². The van der Waals surface area contributed by atoms with Crippen molar-refractivity contribution in [3.63, 3.8) is 0 Å². The molecule has 2 heterocycles. The summed E-state index contributed by atoms with van der Waals surface area (Å²) >= 11 is 0. The Labute approximate surface area is 257 Å². The molecule has 0 aliphatic rings. The maximum absolute atomic E-state index is 14.8. The van der Waals surface area contributed by atoms with Crippen molar-refractivity contribution in [2.75, 3.05) is 25.6 Å². The summed E-state index contributed by atoms with van der Waals surface area (Å²) < 4.78 is 111. The van der Waals surface area contributed by atoms with Gasteiger partial charge in [-0.25, -0.2) is 14.6 Å². The molecule has 1 amide bonds. The lowest BCUT2D eigenvalue weighted by atomic mass is 10.0. The number of esters is 1. The number of aldehydes is 1. The largest absolute Gasteiger partial charge is 0.464 e. The van der Waals surface area contributed by atoms with Gasteiger partial charge in [0.1, 0.15) is 11.9 Å². The predicted octanol–water partition coefficient (Wildman–Crippen LogP) is 5.86. The maximum atomic E-state index is 14.8. The van der Waals surface area contributed by atoms with E-state index in [-0.39, 0.29) is 12.5 Å². The normalized spacial score (nSPS) is 13.5. The van der Waals surface area contributed by atoms with Crippen LogP contribution in [0, 0.1) is 0 Å². The Morgan fingerprint density at radius 3 is 2.26 bits per heavy atom. The number of hydrogen-bond acceptors (Lipinski definition) is 11. The number of hydrogen-bond donors (Lipinski definition) is 1. The van der Waals surface area contributed by atoms with Crippen molar-refractivity contribution in [1.29, 1.82) is 0 Å². The molecule has 3 aromatic rings. The zero-order valence-corrected chi connectivity index (χ0v) is 24.7. The van der Waals surface area contributed by atoms with Gasteiger partial charge in [0.05, 0.1) is 38.2 Å². The highest BCUT2D eigenvalue weighted by Gasteiger charge is 2.62. The van der Waals surface area contributed by atoms with Crippen LogP contribution >= 0.6 is 0 Å². The van der Waals surface area contributed by atoms with Crippen molar-refractivity contribution in [2.45, 2.75) is 57.4 Å². The molecular formula is C28H28F6N4O8. The van der Waals surface area contributed by atoms with Gasteiger partial charge in [0.15, 0.2) is 11.4 Å². The first-order chi connectivity index (χ1) is 21.4. The van der Waals surface area contributed by atoms with E-state index in [1.165, 1.54) is 32.9 Å². The predicted molar refractivity (Wildman–Crippen MR) is 144 cm³/mol. The van der Waals surface area contributed by atoms with Crippen LogP contribution < -0.4 is 5.32 Å². The van der Waals surface area contributed by atoms with Crippen LogP contribution in [0.25, 0.3) is 11.6 Å². The number of pyridine rings is 1. The molecule has 0 fully saturated rings. The Morgan fingerprint density at radius 2 is 1.70 bits per heavy atom. The summed E-state index contributed by atoms with van der Waals surface area (Å²) in [5, 5.41) is 9.00. The summed E-state index contributed by atoms with van der Waals surface area (Å²) in [5.74, 6) is -3.79. The molecule has 2 aromatic heterocycles. The fourth-order valence-electron chi connectivity index (χ4n) is 3.71. The third-order valence-corrected chi connectivity index (χ3v) is 5.79. The molecule has 0 saturated heterocycles. The lowest BCUT2D eigenvalue weighted by molar-refractivity contribution is -0.311. The Balaban J connectivity index is 2.22. The van der Waals surface area contributed by atoms with Crippen LogP contribution in [0.1, 0.15) is 54.7 Å². The van der Waals surface area contributed by atoms with Gasteiger partial charge in [-0.3, -0.25) is 5.32 Å². The molecule has 46 heavy (non-hydrogen) atoms. The summed E-state index contributed by atoms with van der Waals surface area (Å²) in [5.41, 5.74) is -8.91. The van der Waals surface area contributed by atoms with Crippen molar-refractivity contribution >= 4 is 24.0 Å². The van der Waals surface area contributed by atoms with Gasteiger partial charge in [-0.05, 0) is 32.4 Å². The van der Waals surface area contributed by atoms with Gasteiger partial charge < -0.3 is 28.2 Å². The van der Waals surface area contributed by atoms with E-state index in [0.29, 0.717) is 11.8 Å². The molecule has 1 atom stereocenters. The molecule has 18 heteroatoms. The Hall–Kier alpha value is -4.58. The molecule has 3 rings (SSSR count). The van der Waals surface area contributed by atoms with E-state index in [4.69, 9.17) is 18.6 Å². The van der Waals surface area contributed by atoms with Crippen LogP contribution in [0.5, 0.6) is 0 Å². The number of methoxy groups -OCH3 is 1. The summed E-state index contributed by atoms with van der Waals surface area (Å²) in [4.78, 5) is 39.1. The van der Waals surface area contributed by atoms with Gasteiger partial charge in [-0.1, -0.05) is 30.3 Å². The number of nitrogens with one attached hydrogen (secondary N) is 1. The number of aromatic nitrogens is 3. The average molecular weight is 663 g/mol. The highest BCUT2D eigenvalue weighted by molar-refractivity contribution is 5.94. The van der Waals surface area contributed by atoms with Crippen molar-refractivity contribution < 1.29 is 64.1 Å². The minimum Gasteiger partial charge on any atom is -0.464 e. The Morgan fingerprint density at radius 1 is 1.02 bits per heavy atom. The topological polar surface area (TPSA) is 152 Å². The molecule has 0 saturated carbocycles. The molecular weight excluding hydrogens is 634 g/mol. The van der Waals surface area contributed by atoms with E-state index in [9.17, 15) is 40.7 Å². The van der Waals surface area contributed by atoms with Crippen LogP contribution in [0.15, 0.2) is 40.8 Å². The van der Waals surface area contributed by atoms with Crippen LogP contribution in [0.4, 0.5) is 36.8 Å². The van der Waals surface area contributed by atoms with E-state index in [0.717, 1.165) is 7.11 Å². The van der Waals surface area contributed by atoms with Crippen molar-refractivity contribution in [3.8, 4) is 11.6 Å². The number of halogens is 6. The second-order valence-corrected chi connectivity index (χ2v) is 10.4. The van der Waals surface area contributed by atoms with E-state index < -0.39 is 89.9 Å². The number of nitrogens with zero attached hydrogens (tertiary/aromatic N) is 3. The maximum Gasteiger partial charge on any atom is 0.428 e. The third-order valence-electron chi connectivity index (χ3n) is 5.79. The summed E-state index contributed by atoms with van der Waals surface area (Å²) in [6, 6.07) is 7.95. The molecule has 1 N–H and O–H groups in total. The molecule has 0 spiro atoms. The average Bonchev–Trinajstić information content (AvgIpc) is 3.45. The molecule has 0 aliphatic heterocycles. The zero-order valence-electron chi connectivity index (χ0n) is 24.7. The molecule has 0 radical (unpaired) electrons. The van der Waals surface area contributed by atoms with Crippen molar-refractivity contribution in [2.24, 2.45) is 0 Å². The van der Waals surface area contributed by atoms with Gasteiger partial charge in [-0.15, -0.1) is 10.2 Å². The number of alkyl halides is 6. The first-order valence-electron chi connectivity index (χ1n) is 13.2. The number of anilines is 1. The molecule has 12 nitrogen and oxygen atoms in total. The molecule has 250 valence electrons. The van der Waals surface area contributed by atoms with Gasteiger partial charge >= 0.3 is 24.4 Å². The number of ether oxygens (including phenoxy) is 4. The molecule has 0 bridgehead atoms. The fourth-order valence-corrected chi connectivity index (χ4v) is 3.71. The quantitative estimate of drug-likeness (QED) is 0.107. The minimum atomic E-state index is -5.31. The van der Waals surface area contributed by atoms with Gasteiger partial charge in [0, 0.05) is 6.42 Å². The van der Waals surface area contributed by atoms with E-state index in [2.05, 4.69) is 19.9 Å². The van der Waals surface area contributed by atoms with Crippen LogP contribution in [0.3, 0.4) is 0 Å². The number of rotatable bonds is 12. The van der Waals surface area contributed by atoms with E-state index in [1.54, 1.807) is 18.2 Å². The van der Waals surface area contributed by atoms with E-state index >= 15 is 0 Å². The second kappa shape index (κ2) is 14.2. The molecule has 1 unspecified atom stereocenters. The minimum absolute atomic E-state index is 0.257. The Bertz CT molecular complexity index is 1520. The lowest BCUT2D eigenvalue weighted by Crippen LogP contribution is -2.49. The smallest absolute Gasteiger partial charge is 0.428 e. The monoisotopic (exact) mass is 662 g/mol. The zero-order chi connectivity index (χ0) is 34.3. The first kappa shape index (κ1) is 35.9. The standard InChI is InChI=1S/C28H28F6N4O8/c1-25(2,3)46-24(41)35-18-13-17(27(29,30)31)19(22(40)42-4)36-20(18)21-37-38-23(45-21)26(28(32,33)34,15-43-12-8-11-39)44-14-16-9-6-5-7-10-16/h5-7,9-11,13H,8,12,14-15H2,1-4H3,(H,35,41). The molecule has 1 aromatic carbocycles. The summed E-state index contributed by atoms with van der Waals surface area (Å²) in [6.45, 7) is 2.01. The fraction of sp³-hybridized carbons (Fsp3) is 0.429. The number of carbonyl (C=O) groups excluding carboxylic acids is 3. The number of amides is 1. The van der Waals surface area contributed by atoms with Gasteiger partial charge in [0.25, 0.3) is 17.4 Å². The molecule has 0 aliphatic carbocycles. The van der Waals surface area contributed by atoms with Gasteiger partial charge in [0.2, 0.25) is 0 Å². The summed E-state index contributed by atoms with van der Waals surface area (Å²) in [6.07, 6.45) is -11.6. The van der Waals surface area contributed by atoms with Gasteiger partial charge in [-0.2, -0.15) is 26.3 Å². The first-order valence-corrected chi connectivity index (χ1v) is 13.2. The van der Waals surface area contributed by atoms with Crippen LogP contribution in [-0.4, -0.2) is 65.6 Å². The van der Waals surface area contributed by atoms with Crippen molar-refractivity contribution in [3.05, 3.63) is 59.1 Å². The SMILES string of the molecule is COC(=O)c1nc(-c2nnc(C(COCCC=O)(OCc3ccccc3)C(F)(F)F)o2)c(NC(=O)OC(C)(C)C)cc1C(F)(F)F. The third kappa shape index (κ3) is 8.78. The number of benzene rings is 1. The van der Waals surface area contributed by atoms with E-state index in [1.807, 2.05) is 5.32 Å². The highest BCUT2D eigenvalue weighted by atomic mass is 19.4. The second-order valence-electron chi connectivity index (χ2n) is 10.4. The summed E-state index contributed by atoms with van der Waals surface area (Å²) in [7, 11) is 0.772. The highest BCUT2D eigenvalue weighted by Crippen LogP contribution is 2.44. The lowest BCUT2D eigenvalue weighted by Gasteiger charge is -2.32. The van der Waals surface area contributed by atoms with Crippen LogP contribution in [0.2, 0.25) is 0 Å². The van der Waals surface area contributed by atoms with Crippen molar-refractivity contribution in [1.82, 2.24) is 15.2 Å². The number of carbonyl (C=O) groups is 3. The Kier molecular flexibility index (Phi) is 11.1.